The predicted molar refractivity (Wildman–Crippen MR) is 63.8 cm³/mol. The number of benzene rings is 1. The second-order valence-electron chi connectivity index (χ2n) is 3.64. The smallest absolute Gasteiger partial charge is 0.127 e. The Morgan fingerprint density at radius 3 is 2.62 bits per heavy atom. The molecule has 2 N–H and O–H groups in total. The van der Waals surface area contributed by atoms with Crippen LogP contribution in [0.1, 0.15) is 5.56 Å². The summed E-state index contributed by atoms with van der Waals surface area (Å²) in [6.07, 6.45) is 0. The lowest BCUT2D eigenvalue weighted by Crippen LogP contribution is -2.00. The van der Waals surface area contributed by atoms with Crippen LogP contribution in [0.5, 0.6) is 0 Å². The average molecular weight is 217 g/mol. The first kappa shape index (κ1) is 10.7. The van der Waals surface area contributed by atoms with E-state index in [1.165, 1.54) is 0 Å². The summed E-state index contributed by atoms with van der Waals surface area (Å²) in [5.41, 5.74) is 8.84. The van der Waals surface area contributed by atoms with Crippen molar-refractivity contribution in [3.63, 3.8) is 0 Å². The molecule has 0 amide bonds. The van der Waals surface area contributed by atoms with E-state index in [2.05, 4.69) is 5.10 Å². The van der Waals surface area contributed by atoms with Crippen molar-refractivity contribution in [2.45, 2.75) is 6.61 Å². The van der Waals surface area contributed by atoms with Gasteiger partial charge in [0.05, 0.1) is 6.61 Å². The zero-order valence-electron chi connectivity index (χ0n) is 9.47. The number of nitrogens with zero attached hydrogens (tertiary/aromatic N) is 2. The van der Waals surface area contributed by atoms with Gasteiger partial charge in [0.15, 0.2) is 0 Å². The van der Waals surface area contributed by atoms with Crippen LogP contribution in [0.3, 0.4) is 0 Å². The highest BCUT2D eigenvalue weighted by Crippen LogP contribution is 2.26. The molecule has 0 aliphatic heterocycles. The number of aryl methyl sites for hydroxylation is 1. The summed E-state index contributed by atoms with van der Waals surface area (Å²) in [5, 5.41) is 4.41. The second-order valence-corrected chi connectivity index (χ2v) is 3.64. The molecule has 0 bridgehead atoms. The van der Waals surface area contributed by atoms with Gasteiger partial charge in [-0.05, 0) is 0 Å². The van der Waals surface area contributed by atoms with Crippen LogP contribution in [-0.4, -0.2) is 16.9 Å². The van der Waals surface area contributed by atoms with Crippen LogP contribution in [0.2, 0.25) is 0 Å². The SMILES string of the molecule is COCc1c(-c2ccccc2)nn(C)c1N. The Kier molecular flexibility index (Phi) is 2.92. The molecule has 0 saturated carbocycles. The second kappa shape index (κ2) is 4.37. The number of rotatable bonds is 3. The van der Waals surface area contributed by atoms with E-state index >= 15 is 0 Å². The highest BCUT2D eigenvalue weighted by molar-refractivity contribution is 5.68. The largest absolute Gasteiger partial charge is 0.384 e. The van der Waals surface area contributed by atoms with E-state index in [1.54, 1.807) is 11.8 Å². The molecule has 2 rings (SSSR count). The van der Waals surface area contributed by atoms with Crippen LogP contribution < -0.4 is 5.73 Å². The van der Waals surface area contributed by atoms with Gasteiger partial charge in [-0.15, -0.1) is 0 Å². The van der Waals surface area contributed by atoms with E-state index in [9.17, 15) is 0 Å². The number of nitrogen functional groups attached to an aromatic ring is 1. The van der Waals surface area contributed by atoms with E-state index < -0.39 is 0 Å². The Labute approximate surface area is 94.6 Å². The van der Waals surface area contributed by atoms with Gasteiger partial charge in [-0.25, -0.2) is 0 Å². The molecule has 4 heteroatoms. The number of ether oxygens (including phenoxy) is 1. The molecule has 0 fully saturated rings. The van der Waals surface area contributed by atoms with Crippen LogP contribution in [0, 0.1) is 0 Å². The van der Waals surface area contributed by atoms with Gasteiger partial charge < -0.3 is 10.5 Å². The first-order valence-corrected chi connectivity index (χ1v) is 5.09. The van der Waals surface area contributed by atoms with Crippen molar-refractivity contribution in [3.8, 4) is 11.3 Å². The molecule has 0 aliphatic carbocycles. The van der Waals surface area contributed by atoms with Crippen molar-refractivity contribution in [3.05, 3.63) is 35.9 Å². The zero-order chi connectivity index (χ0) is 11.5. The molecule has 1 aromatic heterocycles. The molecule has 84 valence electrons. The minimum Gasteiger partial charge on any atom is -0.384 e. The molecule has 4 nitrogen and oxygen atoms in total. The molecule has 0 saturated heterocycles. The Morgan fingerprint density at radius 2 is 2.00 bits per heavy atom. The highest BCUT2D eigenvalue weighted by Gasteiger charge is 2.14. The third-order valence-electron chi connectivity index (χ3n) is 2.53. The van der Waals surface area contributed by atoms with Crippen molar-refractivity contribution in [1.82, 2.24) is 9.78 Å². The van der Waals surface area contributed by atoms with E-state index in [4.69, 9.17) is 10.5 Å². The molecule has 0 aliphatic rings. The Balaban J connectivity index is 2.52. The Hall–Kier alpha value is -1.81. The van der Waals surface area contributed by atoms with Gasteiger partial charge >= 0.3 is 0 Å². The van der Waals surface area contributed by atoms with Gasteiger partial charge in [0, 0.05) is 25.3 Å². The molecule has 0 unspecified atom stereocenters. The number of nitrogens with two attached hydrogens (primary N) is 1. The third-order valence-corrected chi connectivity index (χ3v) is 2.53. The van der Waals surface area contributed by atoms with Crippen molar-refractivity contribution in [1.29, 1.82) is 0 Å². The summed E-state index contributed by atoms with van der Waals surface area (Å²) in [4.78, 5) is 0. The molecule has 1 aromatic carbocycles. The lowest BCUT2D eigenvalue weighted by molar-refractivity contribution is 0.186. The fourth-order valence-corrected chi connectivity index (χ4v) is 1.70. The summed E-state index contributed by atoms with van der Waals surface area (Å²) in [6, 6.07) is 9.97. The van der Waals surface area contributed by atoms with Gasteiger partial charge in [0.25, 0.3) is 0 Å². The zero-order valence-corrected chi connectivity index (χ0v) is 9.47. The summed E-state index contributed by atoms with van der Waals surface area (Å²) < 4.78 is 6.83. The van der Waals surface area contributed by atoms with Crippen LogP contribution in [0.4, 0.5) is 5.82 Å². The van der Waals surface area contributed by atoms with Gasteiger partial charge in [-0.1, -0.05) is 30.3 Å². The number of hydrogen-bond donors (Lipinski definition) is 1. The predicted octanol–water partition coefficient (Wildman–Crippen LogP) is 1.82. The van der Waals surface area contributed by atoms with Crippen molar-refractivity contribution >= 4 is 5.82 Å². The molecule has 0 radical (unpaired) electrons. The third kappa shape index (κ3) is 1.79. The maximum Gasteiger partial charge on any atom is 0.127 e. The Morgan fingerprint density at radius 1 is 1.31 bits per heavy atom. The number of anilines is 1. The number of methoxy groups -OCH3 is 1. The van der Waals surface area contributed by atoms with E-state index in [-0.39, 0.29) is 0 Å². The normalized spacial score (nSPS) is 10.6. The van der Waals surface area contributed by atoms with Crippen LogP contribution in [0.15, 0.2) is 30.3 Å². The molecule has 0 spiro atoms. The van der Waals surface area contributed by atoms with Gasteiger partial charge in [-0.2, -0.15) is 5.10 Å². The molecular weight excluding hydrogens is 202 g/mol. The van der Waals surface area contributed by atoms with Gasteiger partial charge in [0.1, 0.15) is 11.5 Å². The Bertz CT molecular complexity index is 477. The standard InChI is InChI=1S/C12H15N3O/c1-15-12(13)10(8-16-2)11(14-15)9-6-4-3-5-7-9/h3-7H,8,13H2,1-2H3. The summed E-state index contributed by atoms with van der Waals surface area (Å²) in [7, 11) is 3.49. The van der Waals surface area contributed by atoms with Crippen LogP contribution in [-0.2, 0) is 18.4 Å². The van der Waals surface area contributed by atoms with Crippen molar-refractivity contribution < 1.29 is 4.74 Å². The lowest BCUT2D eigenvalue weighted by Gasteiger charge is -2.02. The molecule has 0 atom stereocenters. The topological polar surface area (TPSA) is 53.1 Å². The minimum absolute atomic E-state index is 0.476. The van der Waals surface area contributed by atoms with Crippen LogP contribution in [0.25, 0.3) is 11.3 Å². The minimum atomic E-state index is 0.476. The van der Waals surface area contributed by atoms with E-state index in [1.807, 2.05) is 37.4 Å². The fraction of sp³-hybridized carbons (Fsp3) is 0.250. The van der Waals surface area contributed by atoms with Crippen molar-refractivity contribution in [2.75, 3.05) is 12.8 Å². The number of aromatic nitrogens is 2. The maximum absolute atomic E-state index is 5.95. The van der Waals surface area contributed by atoms with Crippen molar-refractivity contribution in [2.24, 2.45) is 7.05 Å². The first-order chi connectivity index (χ1) is 7.74. The molecule has 16 heavy (non-hydrogen) atoms. The molecule has 1 heterocycles. The van der Waals surface area contributed by atoms with Gasteiger partial charge in [0.2, 0.25) is 0 Å². The maximum atomic E-state index is 5.95. The van der Waals surface area contributed by atoms with Crippen LogP contribution >= 0.6 is 0 Å². The molecule has 2 aromatic rings. The van der Waals surface area contributed by atoms with Gasteiger partial charge in [-0.3, -0.25) is 4.68 Å². The summed E-state index contributed by atoms with van der Waals surface area (Å²) in [5.74, 6) is 0.653. The fourth-order valence-electron chi connectivity index (χ4n) is 1.70. The average Bonchev–Trinajstić information content (AvgIpc) is 2.59. The number of hydrogen-bond acceptors (Lipinski definition) is 3. The van der Waals surface area contributed by atoms with E-state index in [0.717, 1.165) is 16.8 Å². The quantitative estimate of drug-likeness (QED) is 0.853. The summed E-state index contributed by atoms with van der Waals surface area (Å²) in [6.45, 7) is 0.476. The highest BCUT2D eigenvalue weighted by atomic mass is 16.5. The van der Waals surface area contributed by atoms with E-state index in [0.29, 0.717) is 12.4 Å². The monoisotopic (exact) mass is 217 g/mol. The lowest BCUT2D eigenvalue weighted by atomic mass is 10.1. The summed E-state index contributed by atoms with van der Waals surface area (Å²) >= 11 is 0. The first-order valence-electron chi connectivity index (χ1n) is 5.09. The molecular formula is C12H15N3O.